The topological polar surface area (TPSA) is 0 Å². The smallest absolute Gasteiger partial charge is 0.0215 e. The second-order valence-electron chi connectivity index (χ2n) is 10.4. The molecule has 182 valence electrons. The van der Waals surface area contributed by atoms with Crippen molar-refractivity contribution in [3.8, 4) is 22.3 Å². The van der Waals surface area contributed by atoms with Gasteiger partial charge in [0.2, 0.25) is 0 Å². The molecule has 0 amide bonds. The first-order valence-corrected chi connectivity index (χ1v) is 15.0. The lowest BCUT2D eigenvalue weighted by Gasteiger charge is -2.33. The lowest BCUT2D eigenvalue weighted by molar-refractivity contribution is 0.398. The zero-order valence-corrected chi connectivity index (χ0v) is 22.4. The highest BCUT2D eigenvalue weighted by Crippen LogP contribution is 2.55. The van der Waals surface area contributed by atoms with Crippen molar-refractivity contribution in [3.63, 3.8) is 0 Å². The number of fused-ring (bicyclic) bond motifs is 3. The summed E-state index contributed by atoms with van der Waals surface area (Å²) in [5, 5.41) is 4.50. The Morgan fingerprint density at radius 1 is 0.588 bits per heavy atom. The maximum absolute atomic E-state index is 2.56. The molecule has 0 bridgehead atoms. The van der Waals surface area contributed by atoms with Gasteiger partial charge in [-0.25, -0.2) is 0 Å². The van der Waals surface area contributed by atoms with Gasteiger partial charge in [-0.15, -0.1) is 0 Å². The summed E-state index contributed by atoms with van der Waals surface area (Å²) in [6.45, 7) is 4.62. The van der Waals surface area contributed by atoms with Crippen molar-refractivity contribution in [2.45, 2.75) is 109 Å². The molecule has 0 aliphatic heterocycles. The van der Waals surface area contributed by atoms with Crippen LogP contribution in [0.25, 0.3) is 22.3 Å². The Labute approximate surface area is 212 Å². The summed E-state index contributed by atoms with van der Waals surface area (Å²) >= 11 is 1.80. The fraction of sp³-hybridized carbons (Fsp3) is 0.515. The second kappa shape index (κ2) is 12.7. The van der Waals surface area contributed by atoms with E-state index < -0.39 is 0 Å². The molecule has 0 saturated carbocycles. The Bertz CT molecular complexity index is 981. The van der Waals surface area contributed by atoms with Crippen molar-refractivity contribution in [3.05, 3.63) is 70.4 Å². The van der Waals surface area contributed by atoms with Gasteiger partial charge < -0.3 is 0 Å². The fourth-order valence-electron chi connectivity index (χ4n) is 6.14. The van der Waals surface area contributed by atoms with Crippen LogP contribution in [0.3, 0.4) is 0 Å². The van der Waals surface area contributed by atoms with Crippen LogP contribution in [0.15, 0.2) is 59.3 Å². The zero-order chi connectivity index (χ0) is 23.6. The predicted molar refractivity (Wildman–Crippen MR) is 152 cm³/mol. The summed E-state index contributed by atoms with van der Waals surface area (Å²) in [6, 6.07) is 19.0. The first-order chi connectivity index (χ1) is 16.8. The molecule has 1 aliphatic rings. The average Bonchev–Trinajstić information content (AvgIpc) is 3.50. The summed E-state index contributed by atoms with van der Waals surface area (Å²) in [7, 11) is 0. The molecule has 0 nitrogen and oxygen atoms in total. The van der Waals surface area contributed by atoms with Gasteiger partial charge in [0.15, 0.2) is 0 Å². The van der Waals surface area contributed by atoms with E-state index in [2.05, 4.69) is 73.1 Å². The van der Waals surface area contributed by atoms with Crippen molar-refractivity contribution in [1.29, 1.82) is 0 Å². The maximum atomic E-state index is 2.56. The minimum atomic E-state index is 0.188. The Morgan fingerprint density at radius 3 is 1.85 bits per heavy atom. The van der Waals surface area contributed by atoms with Gasteiger partial charge in [0.05, 0.1) is 0 Å². The molecular formula is C33H44S. The number of hydrogen-bond acceptors (Lipinski definition) is 1. The molecule has 0 N–H and O–H groups in total. The largest absolute Gasteiger partial charge is 0.152 e. The van der Waals surface area contributed by atoms with E-state index in [1.807, 2.05) is 0 Å². The quantitative estimate of drug-likeness (QED) is 0.193. The van der Waals surface area contributed by atoms with Crippen molar-refractivity contribution in [2.24, 2.45) is 0 Å². The number of rotatable bonds is 15. The van der Waals surface area contributed by atoms with Crippen LogP contribution in [0.1, 0.15) is 115 Å². The van der Waals surface area contributed by atoms with Gasteiger partial charge in [-0.05, 0) is 69.1 Å². The molecular weight excluding hydrogens is 428 g/mol. The molecule has 1 aromatic heterocycles. The normalized spacial score (nSPS) is 13.7. The molecule has 0 radical (unpaired) electrons. The van der Waals surface area contributed by atoms with Crippen molar-refractivity contribution in [2.75, 3.05) is 0 Å². The molecule has 0 spiro atoms. The van der Waals surface area contributed by atoms with E-state index in [-0.39, 0.29) is 5.41 Å². The maximum Gasteiger partial charge on any atom is 0.0215 e. The zero-order valence-electron chi connectivity index (χ0n) is 21.6. The standard InChI is InChI=1S/C33H44S/c1-3-5-7-9-11-15-22-33(23-16-12-10-8-6-4-2)31-18-14-13-17-29(31)30-20-19-27(25-32(30)33)28-21-24-34-26-28/h13-14,17-21,24-26H,3-12,15-16,22-23H2,1-2H3. The van der Waals surface area contributed by atoms with E-state index in [0.717, 1.165) is 0 Å². The molecule has 0 unspecified atom stereocenters. The molecule has 1 aliphatic carbocycles. The highest BCUT2D eigenvalue weighted by molar-refractivity contribution is 7.08. The minimum Gasteiger partial charge on any atom is -0.152 e. The van der Waals surface area contributed by atoms with Gasteiger partial charge in [0.1, 0.15) is 0 Å². The number of thiophene rings is 1. The van der Waals surface area contributed by atoms with E-state index in [4.69, 9.17) is 0 Å². The Kier molecular flexibility index (Phi) is 9.45. The predicted octanol–water partition coefficient (Wildman–Crippen LogP) is 11.2. The van der Waals surface area contributed by atoms with Crippen molar-refractivity contribution < 1.29 is 0 Å². The van der Waals surface area contributed by atoms with E-state index in [1.165, 1.54) is 112 Å². The summed E-state index contributed by atoms with van der Waals surface area (Å²) < 4.78 is 0. The Hall–Kier alpha value is -1.86. The van der Waals surface area contributed by atoms with Crippen LogP contribution in [0.4, 0.5) is 0 Å². The van der Waals surface area contributed by atoms with Gasteiger partial charge in [0.25, 0.3) is 0 Å². The number of benzene rings is 2. The minimum absolute atomic E-state index is 0.188. The SMILES string of the molecule is CCCCCCCCC1(CCCCCCCC)c2ccccc2-c2ccc(-c3ccsc3)cc21. The lowest BCUT2D eigenvalue weighted by atomic mass is 9.70. The van der Waals surface area contributed by atoms with Gasteiger partial charge in [-0.3, -0.25) is 0 Å². The molecule has 3 aromatic rings. The Balaban J connectivity index is 1.63. The van der Waals surface area contributed by atoms with Gasteiger partial charge >= 0.3 is 0 Å². The van der Waals surface area contributed by atoms with E-state index >= 15 is 0 Å². The van der Waals surface area contributed by atoms with Crippen LogP contribution in [-0.4, -0.2) is 0 Å². The Morgan fingerprint density at radius 2 is 1.21 bits per heavy atom. The number of hydrogen-bond donors (Lipinski definition) is 0. The molecule has 1 heteroatoms. The van der Waals surface area contributed by atoms with Crippen LogP contribution < -0.4 is 0 Å². The first-order valence-electron chi connectivity index (χ1n) is 14.1. The monoisotopic (exact) mass is 472 g/mol. The molecule has 34 heavy (non-hydrogen) atoms. The van der Waals surface area contributed by atoms with Crippen molar-refractivity contribution in [1.82, 2.24) is 0 Å². The second-order valence-corrected chi connectivity index (χ2v) is 11.2. The summed E-state index contributed by atoms with van der Waals surface area (Å²) in [4.78, 5) is 0. The molecule has 1 heterocycles. The van der Waals surface area contributed by atoms with E-state index in [0.29, 0.717) is 0 Å². The highest BCUT2D eigenvalue weighted by Gasteiger charge is 2.42. The summed E-state index contributed by atoms with van der Waals surface area (Å²) in [5.74, 6) is 0. The highest BCUT2D eigenvalue weighted by atomic mass is 32.1. The third kappa shape index (κ3) is 5.68. The molecule has 0 saturated heterocycles. The summed E-state index contributed by atoms with van der Waals surface area (Å²) in [6.07, 6.45) is 19.0. The van der Waals surface area contributed by atoms with Crippen LogP contribution in [0.5, 0.6) is 0 Å². The fourth-order valence-corrected chi connectivity index (χ4v) is 6.81. The molecule has 4 rings (SSSR count). The van der Waals surface area contributed by atoms with E-state index in [9.17, 15) is 0 Å². The van der Waals surface area contributed by atoms with Crippen LogP contribution >= 0.6 is 11.3 Å². The molecule has 2 aromatic carbocycles. The van der Waals surface area contributed by atoms with Crippen LogP contribution in [0, 0.1) is 0 Å². The van der Waals surface area contributed by atoms with Crippen LogP contribution in [-0.2, 0) is 5.41 Å². The number of unbranched alkanes of at least 4 members (excludes halogenated alkanes) is 10. The lowest BCUT2D eigenvalue weighted by Crippen LogP contribution is -2.25. The third-order valence-corrected chi connectivity index (χ3v) is 8.72. The van der Waals surface area contributed by atoms with Gasteiger partial charge in [-0.2, -0.15) is 11.3 Å². The first kappa shape index (κ1) is 25.2. The molecule has 0 fully saturated rings. The third-order valence-electron chi connectivity index (χ3n) is 8.04. The van der Waals surface area contributed by atoms with Crippen LogP contribution in [0.2, 0.25) is 0 Å². The van der Waals surface area contributed by atoms with Crippen molar-refractivity contribution >= 4 is 11.3 Å². The van der Waals surface area contributed by atoms with Gasteiger partial charge in [0, 0.05) is 5.41 Å². The summed E-state index contributed by atoms with van der Waals surface area (Å²) in [5.41, 5.74) is 9.15. The average molecular weight is 473 g/mol. The van der Waals surface area contributed by atoms with Gasteiger partial charge in [-0.1, -0.05) is 127 Å². The molecule has 0 atom stereocenters. The van der Waals surface area contributed by atoms with E-state index in [1.54, 1.807) is 22.5 Å².